The molecule has 6 heteroatoms. The Labute approximate surface area is 132 Å². The van der Waals surface area contributed by atoms with Gasteiger partial charge >= 0.3 is 0 Å². The summed E-state index contributed by atoms with van der Waals surface area (Å²) in [5.74, 6) is 0.390. The molecule has 3 rings (SSSR count). The second-order valence-corrected chi connectivity index (χ2v) is 5.16. The van der Waals surface area contributed by atoms with Gasteiger partial charge in [-0.25, -0.2) is 0 Å². The monoisotopic (exact) mass is 316 g/mol. The van der Waals surface area contributed by atoms with Gasteiger partial charge in [-0.2, -0.15) is 0 Å². The summed E-state index contributed by atoms with van der Waals surface area (Å²) >= 11 is 0. The van der Waals surface area contributed by atoms with Gasteiger partial charge in [-0.15, -0.1) is 0 Å². The third-order valence-corrected chi connectivity index (χ3v) is 3.78. The second kappa shape index (κ2) is 5.72. The van der Waals surface area contributed by atoms with E-state index in [0.29, 0.717) is 0 Å². The lowest BCUT2D eigenvalue weighted by Gasteiger charge is -2.28. The summed E-state index contributed by atoms with van der Waals surface area (Å²) in [6.45, 7) is 0. The highest BCUT2D eigenvalue weighted by Crippen LogP contribution is 2.49. The molecule has 0 aliphatic carbocycles. The highest BCUT2D eigenvalue weighted by Gasteiger charge is 2.34. The zero-order valence-electron chi connectivity index (χ0n) is 12.7. The number of ketones is 1. The van der Waals surface area contributed by atoms with E-state index < -0.39 is 6.10 Å². The number of carbonyl (C=O) groups is 1. The van der Waals surface area contributed by atoms with Crippen LogP contribution in [0.1, 0.15) is 28.4 Å². The van der Waals surface area contributed by atoms with Gasteiger partial charge in [0.05, 0.1) is 20.6 Å². The molecule has 23 heavy (non-hydrogen) atoms. The number of benzene rings is 2. The predicted molar refractivity (Wildman–Crippen MR) is 81.6 cm³/mol. The molecule has 0 aromatic heterocycles. The van der Waals surface area contributed by atoms with Crippen LogP contribution in [0.2, 0.25) is 0 Å². The highest BCUT2D eigenvalue weighted by atomic mass is 16.5. The molecule has 2 N–H and O–H groups in total. The molecule has 2 aromatic carbocycles. The first-order valence-corrected chi connectivity index (χ1v) is 7.02. The summed E-state index contributed by atoms with van der Waals surface area (Å²) in [6, 6.07) is 7.76. The summed E-state index contributed by atoms with van der Waals surface area (Å²) in [6.07, 6.45) is -0.447. The fourth-order valence-electron chi connectivity index (χ4n) is 2.66. The Morgan fingerprint density at radius 3 is 2.43 bits per heavy atom. The fourth-order valence-corrected chi connectivity index (χ4v) is 2.66. The van der Waals surface area contributed by atoms with Gasteiger partial charge in [0.1, 0.15) is 23.2 Å². The van der Waals surface area contributed by atoms with Crippen LogP contribution < -0.4 is 14.2 Å². The van der Waals surface area contributed by atoms with E-state index in [9.17, 15) is 15.0 Å². The first-order valence-electron chi connectivity index (χ1n) is 7.02. The molecule has 0 bridgehead atoms. The van der Waals surface area contributed by atoms with E-state index >= 15 is 0 Å². The third-order valence-electron chi connectivity index (χ3n) is 3.78. The Morgan fingerprint density at radius 1 is 1.13 bits per heavy atom. The van der Waals surface area contributed by atoms with Crippen LogP contribution in [0.15, 0.2) is 30.3 Å². The van der Waals surface area contributed by atoms with Gasteiger partial charge in [0.2, 0.25) is 5.75 Å². The van der Waals surface area contributed by atoms with Gasteiger partial charge in [0, 0.05) is 6.07 Å². The normalized spacial score (nSPS) is 16.4. The maximum atomic E-state index is 12.4. The fraction of sp³-hybridized carbons (Fsp3) is 0.235. The quantitative estimate of drug-likeness (QED) is 0.905. The van der Waals surface area contributed by atoms with E-state index in [0.717, 1.165) is 5.56 Å². The zero-order chi connectivity index (χ0) is 16.6. The van der Waals surface area contributed by atoms with Crippen molar-refractivity contribution in [2.75, 3.05) is 14.2 Å². The van der Waals surface area contributed by atoms with Crippen molar-refractivity contribution in [1.82, 2.24) is 0 Å². The molecule has 0 fully saturated rings. The van der Waals surface area contributed by atoms with E-state index in [1.807, 2.05) is 0 Å². The van der Waals surface area contributed by atoms with Gasteiger partial charge in [0.15, 0.2) is 17.3 Å². The molecule has 2 aromatic rings. The van der Waals surface area contributed by atoms with Crippen molar-refractivity contribution in [3.63, 3.8) is 0 Å². The van der Waals surface area contributed by atoms with Crippen LogP contribution in [-0.2, 0) is 0 Å². The van der Waals surface area contributed by atoms with Crippen molar-refractivity contribution in [2.24, 2.45) is 0 Å². The van der Waals surface area contributed by atoms with E-state index in [1.165, 1.54) is 32.4 Å². The largest absolute Gasteiger partial charge is 0.508 e. The van der Waals surface area contributed by atoms with Crippen molar-refractivity contribution in [3.8, 4) is 28.7 Å². The SMILES string of the molecule is COc1cc(O)c2c(c1OC)O[C@@H](c1ccc(O)cc1)CC2=O. The minimum atomic E-state index is -0.531. The Morgan fingerprint density at radius 2 is 1.83 bits per heavy atom. The molecule has 1 atom stereocenters. The molecule has 6 nitrogen and oxygen atoms in total. The van der Waals surface area contributed by atoms with Crippen LogP contribution in [0.25, 0.3) is 0 Å². The van der Waals surface area contributed by atoms with E-state index in [4.69, 9.17) is 14.2 Å². The molecule has 0 saturated heterocycles. The van der Waals surface area contributed by atoms with Crippen LogP contribution in [-0.4, -0.2) is 30.2 Å². The Balaban J connectivity index is 2.09. The first-order chi connectivity index (χ1) is 11.0. The number of hydrogen-bond acceptors (Lipinski definition) is 6. The van der Waals surface area contributed by atoms with Gasteiger partial charge < -0.3 is 24.4 Å². The number of fused-ring (bicyclic) bond motifs is 1. The number of methoxy groups -OCH3 is 2. The van der Waals surface area contributed by atoms with Crippen LogP contribution in [0.4, 0.5) is 0 Å². The molecule has 1 aliphatic rings. The van der Waals surface area contributed by atoms with E-state index in [1.54, 1.807) is 12.1 Å². The van der Waals surface area contributed by atoms with Gasteiger partial charge in [0.25, 0.3) is 0 Å². The smallest absolute Gasteiger partial charge is 0.204 e. The summed E-state index contributed by atoms with van der Waals surface area (Å²) < 4.78 is 16.4. The summed E-state index contributed by atoms with van der Waals surface area (Å²) in [5.41, 5.74) is 0.837. The first kappa shape index (κ1) is 15.0. The van der Waals surface area contributed by atoms with Crippen molar-refractivity contribution in [3.05, 3.63) is 41.5 Å². The number of phenolic OH excluding ortho intramolecular Hbond substituents is 2. The number of ether oxygens (including phenoxy) is 3. The zero-order valence-corrected chi connectivity index (χ0v) is 12.7. The average Bonchev–Trinajstić information content (AvgIpc) is 2.54. The number of Topliss-reactive ketones (excluding diaryl/α,β-unsaturated/α-hetero) is 1. The lowest BCUT2D eigenvalue weighted by molar-refractivity contribution is 0.0836. The van der Waals surface area contributed by atoms with Gasteiger partial charge in [-0.1, -0.05) is 12.1 Å². The van der Waals surface area contributed by atoms with Crippen molar-refractivity contribution < 1.29 is 29.2 Å². The second-order valence-electron chi connectivity index (χ2n) is 5.16. The molecule has 0 amide bonds. The van der Waals surface area contributed by atoms with Gasteiger partial charge in [-0.05, 0) is 17.7 Å². The summed E-state index contributed by atoms with van der Waals surface area (Å²) in [4.78, 5) is 12.4. The van der Waals surface area contributed by atoms with Crippen LogP contribution >= 0.6 is 0 Å². The Bertz CT molecular complexity index is 751. The standard InChI is InChI=1S/C17H16O6/c1-21-14-8-12(20)15-11(19)7-13(23-17(15)16(14)22-2)9-3-5-10(18)6-4-9/h3-6,8,13,18,20H,7H2,1-2H3/t13-/m1/s1. The number of hydrogen-bond donors (Lipinski definition) is 2. The predicted octanol–water partition coefficient (Wildman–Crippen LogP) is 2.82. The molecule has 0 spiro atoms. The van der Waals surface area contributed by atoms with E-state index in [2.05, 4.69) is 0 Å². The minimum absolute atomic E-state index is 0.0841. The van der Waals surface area contributed by atoms with Crippen LogP contribution in [0, 0.1) is 0 Å². The molecule has 120 valence electrons. The highest BCUT2D eigenvalue weighted by molar-refractivity contribution is 6.03. The molecule has 0 saturated carbocycles. The number of aromatic hydroxyl groups is 2. The number of carbonyl (C=O) groups excluding carboxylic acids is 1. The lowest BCUT2D eigenvalue weighted by atomic mass is 9.95. The number of phenols is 2. The summed E-state index contributed by atoms with van der Waals surface area (Å²) in [7, 11) is 2.87. The number of rotatable bonds is 3. The lowest BCUT2D eigenvalue weighted by Crippen LogP contribution is -2.21. The Hall–Kier alpha value is -2.89. The molecular weight excluding hydrogens is 300 g/mol. The third kappa shape index (κ3) is 2.52. The maximum Gasteiger partial charge on any atom is 0.204 e. The minimum Gasteiger partial charge on any atom is -0.508 e. The van der Waals surface area contributed by atoms with Crippen LogP contribution in [0.5, 0.6) is 28.7 Å². The molecular formula is C17H16O6. The Kier molecular flexibility index (Phi) is 3.73. The van der Waals surface area contributed by atoms with Crippen molar-refractivity contribution >= 4 is 5.78 Å². The van der Waals surface area contributed by atoms with Gasteiger partial charge in [-0.3, -0.25) is 4.79 Å². The van der Waals surface area contributed by atoms with Crippen molar-refractivity contribution in [2.45, 2.75) is 12.5 Å². The maximum absolute atomic E-state index is 12.4. The van der Waals surface area contributed by atoms with Crippen molar-refractivity contribution in [1.29, 1.82) is 0 Å². The molecule has 0 unspecified atom stereocenters. The topological polar surface area (TPSA) is 85.2 Å². The molecule has 1 heterocycles. The van der Waals surface area contributed by atoms with Crippen LogP contribution in [0.3, 0.4) is 0 Å². The molecule has 0 radical (unpaired) electrons. The molecule has 1 aliphatic heterocycles. The van der Waals surface area contributed by atoms with E-state index in [-0.39, 0.29) is 46.5 Å². The summed E-state index contributed by atoms with van der Waals surface area (Å²) in [5, 5.41) is 19.5. The average molecular weight is 316 g/mol.